The molecule has 2 aromatic rings. The highest BCUT2D eigenvalue weighted by Gasteiger charge is 2.17. The molecule has 1 heterocycles. The molecule has 0 bridgehead atoms. The van der Waals surface area contributed by atoms with E-state index in [4.69, 9.17) is 4.74 Å². The molecule has 118 valence electrons. The van der Waals surface area contributed by atoms with Gasteiger partial charge in [-0.25, -0.2) is 4.98 Å². The van der Waals surface area contributed by atoms with Crippen molar-refractivity contribution in [3.05, 3.63) is 36.7 Å². The van der Waals surface area contributed by atoms with Gasteiger partial charge in [-0.3, -0.25) is 4.79 Å². The maximum Gasteiger partial charge on any atom is 0.237 e. The van der Waals surface area contributed by atoms with Crippen LogP contribution < -0.4 is 10.1 Å². The number of nitrogens with one attached hydrogen (secondary N) is 1. The first-order valence-electron chi connectivity index (χ1n) is 7.26. The maximum absolute atomic E-state index is 12.3. The number of hydrogen-bond acceptors (Lipinski definition) is 4. The van der Waals surface area contributed by atoms with Gasteiger partial charge in [-0.05, 0) is 25.5 Å². The van der Waals surface area contributed by atoms with E-state index >= 15 is 0 Å². The Bertz CT molecular complexity index is 627. The Morgan fingerprint density at radius 2 is 2.32 bits per heavy atom. The normalized spacial score (nSPS) is 12.0. The molecule has 1 amide bonds. The molecule has 5 nitrogen and oxygen atoms in total. The van der Waals surface area contributed by atoms with Crippen molar-refractivity contribution in [3.63, 3.8) is 0 Å². The quantitative estimate of drug-likeness (QED) is 0.795. The zero-order valence-corrected chi connectivity index (χ0v) is 13.9. The number of anilines is 1. The molecular formula is C16H21N3O2S. The predicted octanol–water partition coefficient (Wildman–Crippen LogP) is 3.42. The first-order valence-corrected chi connectivity index (χ1v) is 8.14. The number of thioether (sulfide) groups is 1. The van der Waals surface area contributed by atoms with E-state index in [1.54, 1.807) is 19.4 Å². The van der Waals surface area contributed by atoms with Gasteiger partial charge in [0.15, 0.2) is 5.16 Å². The fourth-order valence-corrected chi connectivity index (χ4v) is 2.87. The van der Waals surface area contributed by atoms with Gasteiger partial charge in [-0.2, -0.15) is 0 Å². The fourth-order valence-electron chi connectivity index (χ4n) is 1.98. The Balaban J connectivity index is 1.98. The van der Waals surface area contributed by atoms with Gasteiger partial charge in [-0.15, -0.1) is 0 Å². The minimum absolute atomic E-state index is 0.0516. The molecule has 0 radical (unpaired) electrons. The minimum atomic E-state index is -0.232. The van der Waals surface area contributed by atoms with Gasteiger partial charge in [0.05, 0.1) is 12.4 Å². The van der Waals surface area contributed by atoms with Gasteiger partial charge >= 0.3 is 0 Å². The average molecular weight is 319 g/mol. The molecule has 2 rings (SSSR count). The molecule has 0 saturated carbocycles. The van der Waals surface area contributed by atoms with Crippen LogP contribution in [-0.2, 0) is 11.3 Å². The molecule has 1 unspecified atom stereocenters. The van der Waals surface area contributed by atoms with Gasteiger partial charge in [0.1, 0.15) is 5.75 Å². The van der Waals surface area contributed by atoms with Crippen LogP contribution in [-0.4, -0.2) is 27.8 Å². The summed E-state index contributed by atoms with van der Waals surface area (Å²) >= 11 is 1.46. The van der Waals surface area contributed by atoms with Crippen molar-refractivity contribution < 1.29 is 9.53 Å². The van der Waals surface area contributed by atoms with Gasteiger partial charge in [0, 0.05) is 30.7 Å². The molecule has 0 spiro atoms. The fraction of sp³-hybridized carbons (Fsp3) is 0.375. The largest absolute Gasteiger partial charge is 0.497 e. The summed E-state index contributed by atoms with van der Waals surface area (Å²) in [7, 11) is 1.60. The number of hydrogen-bond donors (Lipinski definition) is 1. The van der Waals surface area contributed by atoms with Crippen LogP contribution in [0.2, 0.25) is 0 Å². The zero-order valence-electron chi connectivity index (χ0n) is 13.1. The van der Waals surface area contributed by atoms with Gasteiger partial charge < -0.3 is 14.6 Å². The van der Waals surface area contributed by atoms with Gasteiger partial charge in [-0.1, -0.05) is 24.8 Å². The maximum atomic E-state index is 12.3. The Kier molecular flexibility index (Phi) is 5.89. The summed E-state index contributed by atoms with van der Waals surface area (Å²) in [5.74, 6) is 0.667. The van der Waals surface area contributed by atoms with E-state index in [2.05, 4.69) is 21.8 Å². The molecule has 0 saturated heterocycles. The molecule has 1 atom stereocenters. The van der Waals surface area contributed by atoms with Crippen LogP contribution >= 0.6 is 11.8 Å². The second-order valence-corrected chi connectivity index (χ2v) is 6.19. The third-order valence-electron chi connectivity index (χ3n) is 3.13. The van der Waals surface area contributed by atoms with Gasteiger partial charge in [0.25, 0.3) is 0 Å². The van der Waals surface area contributed by atoms with E-state index in [1.165, 1.54) is 11.8 Å². The summed E-state index contributed by atoms with van der Waals surface area (Å²) in [6, 6.07) is 7.33. The summed E-state index contributed by atoms with van der Waals surface area (Å²) in [6.07, 6.45) is 4.75. The number of benzene rings is 1. The van der Waals surface area contributed by atoms with E-state index in [-0.39, 0.29) is 11.2 Å². The lowest BCUT2D eigenvalue weighted by Gasteiger charge is -2.13. The van der Waals surface area contributed by atoms with E-state index < -0.39 is 0 Å². The lowest BCUT2D eigenvalue weighted by Crippen LogP contribution is -2.22. The van der Waals surface area contributed by atoms with Crippen molar-refractivity contribution in [2.45, 2.75) is 37.2 Å². The molecule has 0 aliphatic rings. The number of rotatable bonds is 7. The van der Waals surface area contributed by atoms with Crippen molar-refractivity contribution in [2.24, 2.45) is 0 Å². The molecule has 1 N–H and O–H groups in total. The van der Waals surface area contributed by atoms with E-state index in [9.17, 15) is 4.79 Å². The molecule has 1 aromatic carbocycles. The minimum Gasteiger partial charge on any atom is -0.497 e. The average Bonchev–Trinajstić information content (AvgIpc) is 2.95. The number of methoxy groups -OCH3 is 1. The Labute approximate surface area is 135 Å². The summed E-state index contributed by atoms with van der Waals surface area (Å²) < 4.78 is 7.22. The highest BCUT2D eigenvalue weighted by molar-refractivity contribution is 8.00. The molecule has 0 aliphatic carbocycles. The van der Waals surface area contributed by atoms with Crippen LogP contribution in [0, 0.1) is 0 Å². The molecule has 22 heavy (non-hydrogen) atoms. The van der Waals surface area contributed by atoms with Crippen molar-refractivity contribution in [1.29, 1.82) is 0 Å². The number of imidazole rings is 1. The Morgan fingerprint density at radius 1 is 1.50 bits per heavy atom. The molecule has 0 aliphatic heterocycles. The molecular weight excluding hydrogens is 298 g/mol. The monoisotopic (exact) mass is 319 g/mol. The Morgan fingerprint density at radius 3 is 3.05 bits per heavy atom. The standard InChI is InChI=1S/C16H21N3O2S/c1-4-9-19-10-8-17-16(19)22-12(2)15(20)18-13-6-5-7-14(11-13)21-3/h5-8,10-12H,4,9H2,1-3H3,(H,18,20). The molecule has 1 aromatic heterocycles. The zero-order chi connectivity index (χ0) is 15.9. The number of carbonyl (C=O) groups excluding carboxylic acids is 1. The van der Waals surface area contributed by atoms with Crippen molar-refractivity contribution in [2.75, 3.05) is 12.4 Å². The van der Waals surface area contributed by atoms with Crippen molar-refractivity contribution >= 4 is 23.4 Å². The van der Waals surface area contributed by atoms with Crippen LogP contribution in [0.1, 0.15) is 20.3 Å². The SMILES string of the molecule is CCCn1ccnc1SC(C)C(=O)Nc1cccc(OC)c1. The second-order valence-electron chi connectivity index (χ2n) is 4.88. The first-order chi connectivity index (χ1) is 10.6. The van der Waals surface area contributed by atoms with Crippen LogP contribution in [0.3, 0.4) is 0 Å². The Hall–Kier alpha value is -1.95. The third kappa shape index (κ3) is 4.27. The smallest absolute Gasteiger partial charge is 0.237 e. The molecule has 0 fully saturated rings. The lowest BCUT2D eigenvalue weighted by molar-refractivity contribution is -0.115. The van der Waals surface area contributed by atoms with Crippen molar-refractivity contribution in [1.82, 2.24) is 9.55 Å². The highest BCUT2D eigenvalue weighted by atomic mass is 32.2. The predicted molar refractivity (Wildman–Crippen MR) is 89.5 cm³/mol. The summed E-state index contributed by atoms with van der Waals surface area (Å²) in [6.45, 7) is 4.91. The van der Waals surface area contributed by atoms with E-state index in [1.807, 2.05) is 31.3 Å². The number of aryl methyl sites for hydroxylation is 1. The number of nitrogens with zero attached hydrogens (tertiary/aromatic N) is 2. The van der Waals surface area contributed by atoms with Crippen LogP contribution in [0.4, 0.5) is 5.69 Å². The molecule has 6 heteroatoms. The third-order valence-corrected chi connectivity index (χ3v) is 4.25. The van der Waals surface area contributed by atoms with Crippen molar-refractivity contribution in [3.8, 4) is 5.75 Å². The topological polar surface area (TPSA) is 56.2 Å². The van der Waals surface area contributed by atoms with Gasteiger partial charge in [0.2, 0.25) is 5.91 Å². The second kappa shape index (κ2) is 7.89. The number of ether oxygens (including phenoxy) is 1. The highest BCUT2D eigenvalue weighted by Crippen LogP contribution is 2.24. The summed E-state index contributed by atoms with van der Waals surface area (Å²) in [5.41, 5.74) is 0.730. The first kappa shape index (κ1) is 16.4. The van der Waals surface area contributed by atoms with Crippen LogP contribution in [0.15, 0.2) is 41.8 Å². The summed E-state index contributed by atoms with van der Waals surface area (Å²) in [5, 5.41) is 3.54. The number of carbonyl (C=O) groups is 1. The van der Waals surface area contributed by atoms with Crippen LogP contribution in [0.5, 0.6) is 5.75 Å². The number of aromatic nitrogens is 2. The number of amides is 1. The van der Waals surface area contributed by atoms with E-state index in [0.29, 0.717) is 0 Å². The van der Waals surface area contributed by atoms with E-state index in [0.717, 1.165) is 29.6 Å². The summed E-state index contributed by atoms with van der Waals surface area (Å²) in [4.78, 5) is 16.6. The lowest BCUT2D eigenvalue weighted by atomic mass is 10.3. The van der Waals surface area contributed by atoms with Crippen LogP contribution in [0.25, 0.3) is 0 Å².